The first-order valence-electron chi connectivity index (χ1n) is 5.41. The van der Waals surface area contributed by atoms with Gasteiger partial charge >= 0.3 is 0 Å². The van der Waals surface area contributed by atoms with Crippen molar-refractivity contribution in [3.63, 3.8) is 0 Å². The van der Waals surface area contributed by atoms with Gasteiger partial charge in [0.05, 0.1) is 6.61 Å². The second kappa shape index (κ2) is 4.74. The van der Waals surface area contributed by atoms with Gasteiger partial charge in [-0.3, -0.25) is 4.79 Å². The molecule has 5 nitrogen and oxygen atoms in total. The Morgan fingerprint density at radius 2 is 2.50 bits per heavy atom. The van der Waals surface area contributed by atoms with E-state index in [-0.39, 0.29) is 11.6 Å². The van der Waals surface area contributed by atoms with Gasteiger partial charge < -0.3 is 10.1 Å². The van der Waals surface area contributed by atoms with Crippen molar-refractivity contribution in [3.8, 4) is 5.88 Å². The van der Waals surface area contributed by atoms with Gasteiger partial charge in [0.2, 0.25) is 5.88 Å². The lowest BCUT2D eigenvalue weighted by molar-refractivity contribution is 0.0948. The summed E-state index contributed by atoms with van der Waals surface area (Å²) in [4.78, 5) is 11.7. The topological polar surface area (TPSA) is 56.2 Å². The number of nitrogens with one attached hydrogen (secondary N) is 1. The number of hydrogen-bond acceptors (Lipinski definition) is 3. The summed E-state index contributed by atoms with van der Waals surface area (Å²) in [5.41, 5.74) is 0.256. The molecule has 0 atom stereocenters. The lowest BCUT2D eigenvalue weighted by Crippen LogP contribution is -2.25. The smallest absolute Gasteiger partial charge is 0.273 e. The average molecular weight is 244 g/mol. The summed E-state index contributed by atoms with van der Waals surface area (Å²) in [6.45, 7) is 3.99. The Morgan fingerprint density at radius 1 is 1.69 bits per heavy atom. The minimum absolute atomic E-state index is 0.239. The Balaban J connectivity index is 2.21. The van der Waals surface area contributed by atoms with E-state index in [9.17, 15) is 4.79 Å². The molecule has 0 saturated carbocycles. The predicted molar refractivity (Wildman–Crippen MR) is 60.0 cm³/mol. The second-order valence-electron chi connectivity index (χ2n) is 3.65. The molecule has 16 heavy (non-hydrogen) atoms. The first-order chi connectivity index (χ1) is 7.74. The lowest BCUT2D eigenvalue weighted by atomic mass is 10.3. The van der Waals surface area contributed by atoms with Crippen LogP contribution in [0.25, 0.3) is 0 Å². The highest BCUT2D eigenvalue weighted by Gasteiger charge is 2.24. The molecule has 0 radical (unpaired) electrons. The fourth-order valence-electron chi connectivity index (χ4n) is 1.56. The number of aromatic nitrogens is 2. The van der Waals surface area contributed by atoms with E-state index in [0.29, 0.717) is 24.1 Å². The Hall–Kier alpha value is -1.23. The number of amides is 1. The van der Waals surface area contributed by atoms with Crippen molar-refractivity contribution >= 4 is 17.5 Å². The molecule has 0 unspecified atom stereocenters. The van der Waals surface area contributed by atoms with Gasteiger partial charge in [-0.25, -0.2) is 4.68 Å². The monoisotopic (exact) mass is 243 g/mol. The Kier molecular flexibility index (Phi) is 3.33. The molecule has 1 aromatic heterocycles. The maximum Gasteiger partial charge on any atom is 0.273 e. The fourth-order valence-corrected chi connectivity index (χ4v) is 1.84. The first kappa shape index (κ1) is 11.3. The van der Waals surface area contributed by atoms with Crippen LogP contribution in [0, 0.1) is 0 Å². The molecule has 1 aliphatic rings. The van der Waals surface area contributed by atoms with Crippen LogP contribution < -0.4 is 10.1 Å². The lowest BCUT2D eigenvalue weighted by Gasteiger charge is -2.14. The van der Waals surface area contributed by atoms with Gasteiger partial charge in [-0.15, -0.1) is 0 Å². The molecule has 0 spiro atoms. The minimum atomic E-state index is -0.239. The number of halogens is 1. The summed E-state index contributed by atoms with van der Waals surface area (Å²) in [5.74, 6) is 0.270. The zero-order valence-electron chi connectivity index (χ0n) is 9.12. The third-order valence-electron chi connectivity index (χ3n) is 2.35. The zero-order chi connectivity index (χ0) is 11.5. The molecule has 0 fully saturated rings. The molecule has 0 aliphatic carbocycles. The fraction of sp³-hybridized carbons (Fsp3) is 0.600. The van der Waals surface area contributed by atoms with Crippen LogP contribution in [0.2, 0.25) is 5.02 Å². The van der Waals surface area contributed by atoms with Crippen molar-refractivity contribution < 1.29 is 9.53 Å². The van der Waals surface area contributed by atoms with E-state index in [2.05, 4.69) is 10.4 Å². The predicted octanol–water partition coefficient (Wildman–Crippen LogP) is 1.46. The van der Waals surface area contributed by atoms with Crippen LogP contribution in [0.4, 0.5) is 0 Å². The van der Waals surface area contributed by atoms with Crippen LogP contribution >= 0.6 is 11.6 Å². The maximum atomic E-state index is 11.7. The molecule has 0 saturated heterocycles. The van der Waals surface area contributed by atoms with Crippen LogP contribution in [-0.2, 0) is 6.54 Å². The van der Waals surface area contributed by atoms with E-state index in [1.54, 1.807) is 4.68 Å². The van der Waals surface area contributed by atoms with E-state index in [0.717, 1.165) is 19.4 Å². The van der Waals surface area contributed by atoms with E-state index >= 15 is 0 Å². The van der Waals surface area contributed by atoms with Crippen LogP contribution in [-0.4, -0.2) is 28.8 Å². The molecule has 1 aromatic rings. The number of aryl methyl sites for hydroxylation is 1. The maximum absolute atomic E-state index is 11.7. The standard InChI is InChI=1S/C10H14ClN3O2/c1-2-4-12-9(15)8-7(11)10-14(13-8)5-3-6-16-10/h2-6H2,1H3,(H,12,15). The SMILES string of the molecule is CCCNC(=O)c1nn2c(c1Cl)OCCC2. The van der Waals surface area contributed by atoms with Crippen molar-refractivity contribution in [2.24, 2.45) is 0 Å². The second-order valence-corrected chi connectivity index (χ2v) is 4.03. The van der Waals surface area contributed by atoms with Crippen molar-refractivity contribution in [1.82, 2.24) is 15.1 Å². The van der Waals surface area contributed by atoms with Gasteiger partial charge in [0, 0.05) is 19.5 Å². The molecule has 2 heterocycles. The summed E-state index contributed by atoms with van der Waals surface area (Å²) in [6, 6.07) is 0. The van der Waals surface area contributed by atoms with E-state index in [4.69, 9.17) is 16.3 Å². The Labute approximate surface area is 98.7 Å². The summed E-state index contributed by atoms with van der Waals surface area (Å²) in [7, 11) is 0. The van der Waals surface area contributed by atoms with Gasteiger partial charge in [-0.05, 0) is 6.42 Å². The van der Waals surface area contributed by atoms with Gasteiger partial charge in [0.15, 0.2) is 5.69 Å². The quantitative estimate of drug-likeness (QED) is 0.875. The molecule has 88 valence electrons. The zero-order valence-corrected chi connectivity index (χ0v) is 9.88. The normalized spacial score (nSPS) is 14.1. The van der Waals surface area contributed by atoms with Crippen molar-refractivity contribution in [1.29, 1.82) is 0 Å². The Bertz CT molecular complexity index is 403. The van der Waals surface area contributed by atoms with Crippen molar-refractivity contribution in [3.05, 3.63) is 10.7 Å². The molecule has 1 amide bonds. The number of hydrogen-bond donors (Lipinski definition) is 1. The summed E-state index contributed by atoms with van der Waals surface area (Å²) in [5, 5.41) is 7.21. The van der Waals surface area contributed by atoms with E-state index in [1.165, 1.54) is 0 Å². The van der Waals surface area contributed by atoms with Crippen molar-refractivity contribution in [2.75, 3.05) is 13.2 Å². The first-order valence-corrected chi connectivity index (χ1v) is 5.79. The molecule has 0 bridgehead atoms. The van der Waals surface area contributed by atoms with Crippen LogP contribution in [0.1, 0.15) is 30.3 Å². The van der Waals surface area contributed by atoms with Crippen LogP contribution in [0.15, 0.2) is 0 Å². The van der Waals surface area contributed by atoms with E-state index in [1.807, 2.05) is 6.92 Å². The van der Waals surface area contributed by atoms with Gasteiger partial charge in [0.25, 0.3) is 5.91 Å². The van der Waals surface area contributed by atoms with Crippen LogP contribution in [0.3, 0.4) is 0 Å². The number of ether oxygens (including phenoxy) is 1. The highest BCUT2D eigenvalue weighted by atomic mass is 35.5. The van der Waals surface area contributed by atoms with Gasteiger partial charge in [-0.2, -0.15) is 5.10 Å². The van der Waals surface area contributed by atoms with Crippen molar-refractivity contribution in [2.45, 2.75) is 26.3 Å². The largest absolute Gasteiger partial charge is 0.477 e. The number of nitrogens with zero attached hydrogens (tertiary/aromatic N) is 2. The third-order valence-corrected chi connectivity index (χ3v) is 2.70. The average Bonchev–Trinajstić information content (AvgIpc) is 2.64. The van der Waals surface area contributed by atoms with Gasteiger partial charge in [-0.1, -0.05) is 18.5 Å². The molecular weight excluding hydrogens is 230 g/mol. The van der Waals surface area contributed by atoms with Crippen LogP contribution in [0.5, 0.6) is 5.88 Å². The molecule has 2 rings (SSSR count). The molecule has 6 heteroatoms. The molecule has 1 aliphatic heterocycles. The summed E-state index contributed by atoms with van der Waals surface area (Å²) < 4.78 is 7.02. The number of fused-ring (bicyclic) bond motifs is 1. The molecular formula is C10H14ClN3O2. The highest BCUT2D eigenvalue weighted by Crippen LogP contribution is 2.30. The number of rotatable bonds is 3. The van der Waals surface area contributed by atoms with Gasteiger partial charge in [0.1, 0.15) is 5.02 Å². The Morgan fingerprint density at radius 3 is 3.19 bits per heavy atom. The molecule has 0 aromatic carbocycles. The van der Waals surface area contributed by atoms with E-state index < -0.39 is 0 Å². The minimum Gasteiger partial charge on any atom is -0.477 e. The molecule has 1 N–H and O–H groups in total. The highest BCUT2D eigenvalue weighted by molar-refractivity contribution is 6.34. The number of carbonyl (C=O) groups is 1. The summed E-state index contributed by atoms with van der Waals surface area (Å²) in [6.07, 6.45) is 1.77. The third kappa shape index (κ3) is 2.00. The summed E-state index contributed by atoms with van der Waals surface area (Å²) >= 11 is 6.05. The number of carbonyl (C=O) groups excluding carboxylic acids is 1.